The van der Waals surface area contributed by atoms with E-state index in [4.69, 9.17) is 18.0 Å². The fourth-order valence-corrected chi connectivity index (χ4v) is 1.61. The zero-order valence-corrected chi connectivity index (χ0v) is 10.2. The van der Waals surface area contributed by atoms with Crippen molar-refractivity contribution in [2.75, 3.05) is 0 Å². The van der Waals surface area contributed by atoms with E-state index in [1.165, 1.54) is 0 Å². The molecule has 0 aromatic heterocycles. The lowest BCUT2D eigenvalue weighted by atomic mass is 10.1. The summed E-state index contributed by atoms with van der Waals surface area (Å²) < 4.78 is 0. The number of amides is 2. The van der Waals surface area contributed by atoms with Gasteiger partial charge in [-0.15, -0.1) is 0 Å². The molecule has 0 spiro atoms. The molecule has 2 amide bonds. The van der Waals surface area contributed by atoms with Gasteiger partial charge in [-0.05, 0) is 24.5 Å². The number of carbonyl (C=O) groups excluding carboxylic acids is 1. The first kappa shape index (κ1) is 11.9. The molecular formula is C12H15N3OS. The smallest absolute Gasteiger partial charge is 0.315 e. The van der Waals surface area contributed by atoms with Gasteiger partial charge < -0.3 is 16.4 Å². The number of rotatable bonds is 4. The lowest BCUT2D eigenvalue weighted by Gasteiger charge is -2.07. The van der Waals surface area contributed by atoms with Crippen LogP contribution in [-0.2, 0) is 6.54 Å². The second-order valence-electron chi connectivity index (χ2n) is 4.17. The summed E-state index contributed by atoms with van der Waals surface area (Å²) in [4.78, 5) is 11.8. The van der Waals surface area contributed by atoms with Crippen molar-refractivity contribution < 1.29 is 4.79 Å². The van der Waals surface area contributed by atoms with Gasteiger partial charge in [0, 0.05) is 18.2 Å². The van der Waals surface area contributed by atoms with Crippen molar-refractivity contribution >= 4 is 23.2 Å². The molecule has 1 aromatic carbocycles. The first-order valence-corrected chi connectivity index (χ1v) is 5.99. The normalized spacial score (nSPS) is 14.1. The third-order valence-corrected chi connectivity index (χ3v) is 2.81. The van der Waals surface area contributed by atoms with Gasteiger partial charge in [0.05, 0.1) is 0 Å². The summed E-state index contributed by atoms with van der Waals surface area (Å²) in [5.74, 6) is 0. The van der Waals surface area contributed by atoms with Crippen molar-refractivity contribution in [3.8, 4) is 0 Å². The van der Waals surface area contributed by atoms with Crippen LogP contribution in [-0.4, -0.2) is 17.1 Å². The summed E-state index contributed by atoms with van der Waals surface area (Å²) in [6, 6.07) is 7.81. The number of nitrogens with one attached hydrogen (secondary N) is 2. The number of benzene rings is 1. The van der Waals surface area contributed by atoms with Crippen LogP contribution in [0.4, 0.5) is 4.79 Å². The monoisotopic (exact) mass is 249 g/mol. The molecule has 1 fully saturated rings. The molecule has 4 N–H and O–H groups in total. The Morgan fingerprint density at radius 1 is 1.47 bits per heavy atom. The molecular weight excluding hydrogens is 234 g/mol. The molecule has 1 aliphatic carbocycles. The standard InChI is InChI=1S/C12H15N3OS/c13-11(17)9-3-1-2-8(6-9)7-14-12(16)15-10-4-5-10/h1-3,6,10H,4-5,7H2,(H2,13,17)(H2,14,15,16). The third-order valence-electron chi connectivity index (χ3n) is 2.58. The van der Waals surface area contributed by atoms with E-state index >= 15 is 0 Å². The van der Waals surface area contributed by atoms with Crippen LogP contribution in [0.25, 0.3) is 0 Å². The Balaban J connectivity index is 1.87. The SMILES string of the molecule is NC(=S)c1cccc(CNC(=O)NC2CC2)c1. The average molecular weight is 249 g/mol. The lowest BCUT2D eigenvalue weighted by Crippen LogP contribution is -2.36. The first-order valence-electron chi connectivity index (χ1n) is 5.58. The molecule has 0 heterocycles. The van der Waals surface area contributed by atoms with Crippen molar-refractivity contribution in [1.29, 1.82) is 0 Å². The van der Waals surface area contributed by atoms with Gasteiger partial charge >= 0.3 is 6.03 Å². The Kier molecular flexibility index (Phi) is 3.58. The van der Waals surface area contributed by atoms with Gasteiger partial charge in [-0.2, -0.15) is 0 Å². The molecule has 0 radical (unpaired) electrons. The van der Waals surface area contributed by atoms with Gasteiger partial charge in [0.2, 0.25) is 0 Å². The molecule has 0 aliphatic heterocycles. The average Bonchev–Trinajstić information content (AvgIpc) is 3.11. The number of nitrogens with two attached hydrogens (primary N) is 1. The number of carbonyl (C=O) groups is 1. The van der Waals surface area contributed by atoms with Crippen molar-refractivity contribution in [3.05, 3.63) is 35.4 Å². The number of thiocarbonyl (C=S) groups is 1. The zero-order chi connectivity index (χ0) is 12.3. The van der Waals surface area contributed by atoms with Crippen LogP contribution in [0, 0.1) is 0 Å². The lowest BCUT2D eigenvalue weighted by molar-refractivity contribution is 0.240. The van der Waals surface area contributed by atoms with E-state index in [1.807, 2.05) is 24.3 Å². The molecule has 0 unspecified atom stereocenters. The highest BCUT2D eigenvalue weighted by Crippen LogP contribution is 2.18. The van der Waals surface area contributed by atoms with E-state index in [2.05, 4.69) is 10.6 Å². The fraction of sp³-hybridized carbons (Fsp3) is 0.333. The Hall–Kier alpha value is -1.62. The third kappa shape index (κ3) is 3.71. The van der Waals surface area contributed by atoms with E-state index in [9.17, 15) is 4.79 Å². The van der Waals surface area contributed by atoms with Crippen LogP contribution >= 0.6 is 12.2 Å². The van der Waals surface area contributed by atoms with E-state index in [1.54, 1.807) is 0 Å². The Morgan fingerprint density at radius 2 is 2.24 bits per heavy atom. The van der Waals surface area contributed by atoms with Gasteiger partial charge in [0.25, 0.3) is 0 Å². The predicted octanol–water partition coefficient (Wildman–Crippen LogP) is 1.28. The van der Waals surface area contributed by atoms with Crippen LogP contribution in [0.3, 0.4) is 0 Å². The van der Waals surface area contributed by atoms with Crippen LogP contribution < -0.4 is 16.4 Å². The van der Waals surface area contributed by atoms with Crippen molar-refractivity contribution in [3.63, 3.8) is 0 Å². The summed E-state index contributed by atoms with van der Waals surface area (Å²) in [6.45, 7) is 0.481. The highest BCUT2D eigenvalue weighted by Gasteiger charge is 2.22. The van der Waals surface area contributed by atoms with Gasteiger partial charge in [-0.3, -0.25) is 0 Å². The van der Waals surface area contributed by atoms with E-state index < -0.39 is 0 Å². The second kappa shape index (κ2) is 5.14. The summed E-state index contributed by atoms with van der Waals surface area (Å²) in [5, 5.41) is 5.66. The van der Waals surface area contributed by atoms with Gasteiger partial charge in [-0.1, -0.05) is 30.4 Å². The molecule has 0 saturated heterocycles. The maximum Gasteiger partial charge on any atom is 0.315 e. The maximum absolute atomic E-state index is 11.4. The largest absolute Gasteiger partial charge is 0.389 e. The van der Waals surface area contributed by atoms with Crippen molar-refractivity contribution in [2.45, 2.75) is 25.4 Å². The minimum absolute atomic E-state index is 0.117. The van der Waals surface area contributed by atoms with Crippen molar-refractivity contribution in [1.82, 2.24) is 10.6 Å². The van der Waals surface area contributed by atoms with E-state index in [0.717, 1.165) is 24.0 Å². The molecule has 5 heteroatoms. The fourth-order valence-electron chi connectivity index (χ4n) is 1.48. The van der Waals surface area contributed by atoms with Gasteiger partial charge in [0.15, 0.2) is 0 Å². The minimum atomic E-state index is -0.117. The molecule has 2 rings (SSSR count). The van der Waals surface area contributed by atoms with E-state index in [-0.39, 0.29) is 6.03 Å². The summed E-state index contributed by atoms with van der Waals surface area (Å²) in [7, 11) is 0. The molecule has 4 nitrogen and oxygen atoms in total. The maximum atomic E-state index is 11.4. The van der Waals surface area contributed by atoms with Crippen molar-refractivity contribution in [2.24, 2.45) is 5.73 Å². The highest BCUT2D eigenvalue weighted by atomic mass is 32.1. The van der Waals surface area contributed by atoms with Crippen LogP contribution in [0.2, 0.25) is 0 Å². The zero-order valence-electron chi connectivity index (χ0n) is 9.40. The van der Waals surface area contributed by atoms with Crippen LogP contribution in [0.5, 0.6) is 0 Å². The molecule has 90 valence electrons. The topological polar surface area (TPSA) is 67.1 Å². The Labute approximate surface area is 106 Å². The molecule has 1 saturated carbocycles. The number of urea groups is 1. The second-order valence-corrected chi connectivity index (χ2v) is 4.61. The minimum Gasteiger partial charge on any atom is -0.389 e. The molecule has 0 atom stereocenters. The molecule has 17 heavy (non-hydrogen) atoms. The number of hydrogen-bond acceptors (Lipinski definition) is 2. The van der Waals surface area contributed by atoms with Gasteiger partial charge in [0.1, 0.15) is 4.99 Å². The Morgan fingerprint density at radius 3 is 2.88 bits per heavy atom. The van der Waals surface area contributed by atoms with Gasteiger partial charge in [-0.25, -0.2) is 4.79 Å². The summed E-state index contributed by atoms with van der Waals surface area (Å²) in [5.41, 5.74) is 7.35. The first-order chi connectivity index (χ1) is 8.15. The summed E-state index contributed by atoms with van der Waals surface area (Å²) >= 11 is 4.90. The quantitative estimate of drug-likeness (QED) is 0.704. The van der Waals surface area contributed by atoms with Crippen LogP contribution in [0.15, 0.2) is 24.3 Å². The van der Waals surface area contributed by atoms with E-state index in [0.29, 0.717) is 17.6 Å². The Bertz CT molecular complexity index is 443. The number of hydrogen-bond donors (Lipinski definition) is 3. The molecule has 1 aliphatic rings. The van der Waals surface area contributed by atoms with Crippen LogP contribution in [0.1, 0.15) is 24.0 Å². The molecule has 0 bridgehead atoms. The highest BCUT2D eigenvalue weighted by molar-refractivity contribution is 7.80. The predicted molar refractivity (Wildman–Crippen MR) is 70.7 cm³/mol. The molecule has 1 aromatic rings. The summed E-state index contributed by atoms with van der Waals surface area (Å²) in [6.07, 6.45) is 2.18.